The second kappa shape index (κ2) is 3.91. The quantitative estimate of drug-likeness (QED) is 0.761. The minimum atomic E-state index is 0.760. The summed E-state index contributed by atoms with van der Waals surface area (Å²) in [5.41, 5.74) is 8.70. The van der Waals surface area contributed by atoms with Gasteiger partial charge in [-0.3, -0.25) is 0 Å². The van der Waals surface area contributed by atoms with Crippen LogP contribution in [0.15, 0.2) is 30.5 Å². The van der Waals surface area contributed by atoms with Crippen LogP contribution in [0, 0.1) is 5.92 Å². The molecule has 88 valence electrons. The van der Waals surface area contributed by atoms with Gasteiger partial charge < -0.3 is 10.3 Å². The lowest BCUT2D eigenvalue weighted by Gasteiger charge is -2.19. The molecule has 1 aromatic carbocycles. The van der Waals surface area contributed by atoms with Gasteiger partial charge in [-0.15, -0.1) is 0 Å². The number of nitrogen functional groups attached to an aromatic ring is 1. The molecule has 0 amide bonds. The minimum Gasteiger partial charge on any atom is -0.399 e. The van der Waals surface area contributed by atoms with Gasteiger partial charge in [0.25, 0.3) is 0 Å². The zero-order valence-corrected chi connectivity index (χ0v) is 10.1. The first-order chi connectivity index (χ1) is 8.22. The summed E-state index contributed by atoms with van der Waals surface area (Å²) in [6.45, 7) is 3.39. The maximum absolute atomic E-state index is 5.69. The number of nitrogens with two attached hydrogens (primary N) is 1. The summed E-state index contributed by atoms with van der Waals surface area (Å²) in [6.07, 6.45) is 4.50. The molecule has 1 aliphatic heterocycles. The molecular formula is C14H17N3. The number of aryl methyl sites for hydroxylation is 1. The number of nitrogens with zero attached hydrogens (tertiary/aromatic N) is 2. The second-order valence-corrected chi connectivity index (χ2v) is 4.96. The Hall–Kier alpha value is -1.77. The lowest BCUT2D eigenvalue weighted by Crippen LogP contribution is -2.17. The lowest BCUT2D eigenvalue weighted by atomic mass is 10.0. The Bertz CT molecular complexity index is 525. The smallest absolute Gasteiger partial charge is 0.109 e. The Morgan fingerprint density at radius 2 is 2.06 bits per heavy atom. The van der Waals surface area contributed by atoms with E-state index in [1.165, 1.54) is 12.2 Å². The monoisotopic (exact) mass is 227 g/mol. The highest BCUT2D eigenvalue weighted by molar-refractivity contribution is 5.61. The number of hydrogen-bond acceptors (Lipinski definition) is 2. The van der Waals surface area contributed by atoms with Gasteiger partial charge >= 0.3 is 0 Å². The van der Waals surface area contributed by atoms with Gasteiger partial charge in [0.2, 0.25) is 0 Å². The molecule has 0 unspecified atom stereocenters. The third kappa shape index (κ3) is 1.93. The van der Waals surface area contributed by atoms with Gasteiger partial charge in [0.15, 0.2) is 0 Å². The highest BCUT2D eigenvalue weighted by Gasteiger charge is 2.17. The summed E-state index contributed by atoms with van der Waals surface area (Å²) >= 11 is 0. The molecule has 3 heteroatoms. The molecule has 3 rings (SSSR count). The average molecular weight is 227 g/mol. The number of benzene rings is 1. The van der Waals surface area contributed by atoms with Crippen molar-refractivity contribution in [3.63, 3.8) is 0 Å². The van der Waals surface area contributed by atoms with E-state index in [0.717, 1.165) is 35.8 Å². The molecule has 0 bridgehead atoms. The van der Waals surface area contributed by atoms with Gasteiger partial charge in [0.05, 0.1) is 5.69 Å². The van der Waals surface area contributed by atoms with Gasteiger partial charge in [-0.25, -0.2) is 4.98 Å². The SMILES string of the molecule is C[C@@H]1CCc2nc(-c3ccc(N)cc3)cn2C1. The van der Waals surface area contributed by atoms with E-state index in [4.69, 9.17) is 10.7 Å². The summed E-state index contributed by atoms with van der Waals surface area (Å²) < 4.78 is 2.29. The van der Waals surface area contributed by atoms with E-state index in [1.54, 1.807) is 0 Å². The molecular weight excluding hydrogens is 210 g/mol. The zero-order chi connectivity index (χ0) is 11.8. The summed E-state index contributed by atoms with van der Waals surface area (Å²) in [7, 11) is 0. The molecule has 1 atom stereocenters. The van der Waals surface area contributed by atoms with E-state index in [0.29, 0.717) is 0 Å². The Balaban J connectivity index is 1.97. The molecule has 0 saturated heterocycles. The first kappa shape index (κ1) is 10.4. The van der Waals surface area contributed by atoms with Gasteiger partial charge in [-0.1, -0.05) is 19.1 Å². The Labute approximate surface area is 101 Å². The maximum atomic E-state index is 5.69. The van der Waals surface area contributed by atoms with Gasteiger partial charge in [-0.2, -0.15) is 0 Å². The summed E-state index contributed by atoms with van der Waals surface area (Å²) in [4.78, 5) is 4.71. The summed E-state index contributed by atoms with van der Waals surface area (Å²) in [5.74, 6) is 1.98. The fourth-order valence-electron chi connectivity index (χ4n) is 2.41. The first-order valence-corrected chi connectivity index (χ1v) is 6.14. The molecule has 2 N–H and O–H groups in total. The predicted molar refractivity (Wildman–Crippen MR) is 69.6 cm³/mol. The fourth-order valence-corrected chi connectivity index (χ4v) is 2.41. The zero-order valence-electron chi connectivity index (χ0n) is 10.1. The summed E-state index contributed by atoms with van der Waals surface area (Å²) in [6, 6.07) is 7.92. The van der Waals surface area contributed by atoms with Gasteiger partial charge in [0, 0.05) is 30.4 Å². The van der Waals surface area contributed by atoms with Crippen molar-refractivity contribution in [2.75, 3.05) is 5.73 Å². The van der Waals surface area contributed by atoms with Gasteiger partial charge in [-0.05, 0) is 24.5 Å². The molecule has 0 aliphatic carbocycles. The Morgan fingerprint density at radius 3 is 2.82 bits per heavy atom. The predicted octanol–water partition coefficient (Wildman–Crippen LogP) is 2.71. The number of rotatable bonds is 1. The fraction of sp³-hybridized carbons (Fsp3) is 0.357. The van der Waals surface area contributed by atoms with E-state index in [9.17, 15) is 0 Å². The van der Waals surface area contributed by atoms with Crippen LogP contribution < -0.4 is 5.73 Å². The van der Waals surface area contributed by atoms with Crippen molar-refractivity contribution in [3.8, 4) is 11.3 Å². The minimum absolute atomic E-state index is 0.760. The third-order valence-corrected chi connectivity index (χ3v) is 3.43. The van der Waals surface area contributed by atoms with Crippen LogP contribution in [-0.2, 0) is 13.0 Å². The van der Waals surface area contributed by atoms with Crippen LogP contribution in [0.3, 0.4) is 0 Å². The van der Waals surface area contributed by atoms with Crippen LogP contribution in [0.1, 0.15) is 19.2 Å². The highest BCUT2D eigenvalue weighted by Crippen LogP contribution is 2.25. The summed E-state index contributed by atoms with van der Waals surface area (Å²) in [5, 5.41) is 0. The topological polar surface area (TPSA) is 43.8 Å². The molecule has 1 aliphatic rings. The molecule has 2 heterocycles. The highest BCUT2D eigenvalue weighted by atomic mass is 15.1. The van der Waals surface area contributed by atoms with Crippen molar-refractivity contribution in [2.24, 2.45) is 5.92 Å². The largest absolute Gasteiger partial charge is 0.399 e. The number of anilines is 1. The van der Waals surface area contributed by atoms with Crippen LogP contribution in [0.5, 0.6) is 0 Å². The van der Waals surface area contributed by atoms with Crippen LogP contribution >= 0.6 is 0 Å². The second-order valence-electron chi connectivity index (χ2n) is 4.96. The van der Waals surface area contributed by atoms with Crippen molar-refractivity contribution >= 4 is 5.69 Å². The van der Waals surface area contributed by atoms with E-state index in [-0.39, 0.29) is 0 Å². The third-order valence-electron chi connectivity index (χ3n) is 3.43. The number of fused-ring (bicyclic) bond motifs is 1. The number of hydrogen-bond donors (Lipinski definition) is 1. The van der Waals surface area contributed by atoms with Crippen molar-refractivity contribution in [3.05, 3.63) is 36.3 Å². The molecule has 3 nitrogen and oxygen atoms in total. The van der Waals surface area contributed by atoms with E-state index in [2.05, 4.69) is 17.7 Å². The first-order valence-electron chi connectivity index (χ1n) is 6.14. The number of aromatic nitrogens is 2. The number of imidazole rings is 1. The molecule has 1 aromatic heterocycles. The molecule has 0 saturated carbocycles. The van der Waals surface area contributed by atoms with E-state index in [1.807, 2.05) is 24.3 Å². The van der Waals surface area contributed by atoms with Crippen molar-refractivity contribution in [1.82, 2.24) is 9.55 Å². The molecule has 17 heavy (non-hydrogen) atoms. The maximum Gasteiger partial charge on any atom is 0.109 e. The van der Waals surface area contributed by atoms with Gasteiger partial charge in [0.1, 0.15) is 5.82 Å². The van der Waals surface area contributed by atoms with E-state index < -0.39 is 0 Å². The Kier molecular flexibility index (Phi) is 2.39. The average Bonchev–Trinajstić information content (AvgIpc) is 2.72. The molecule has 2 aromatic rings. The lowest BCUT2D eigenvalue weighted by molar-refractivity contribution is 0.394. The van der Waals surface area contributed by atoms with Crippen molar-refractivity contribution in [1.29, 1.82) is 0 Å². The van der Waals surface area contributed by atoms with Crippen molar-refractivity contribution < 1.29 is 0 Å². The molecule has 0 radical (unpaired) electrons. The molecule has 0 fully saturated rings. The standard InChI is InChI=1S/C14H17N3/c1-10-2-7-14-16-13(9-17(14)8-10)11-3-5-12(15)6-4-11/h3-6,9-10H,2,7-8,15H2,1H3/t10-/m1/s1. The van der Waals surface area contributed by atoms with Crippen LogP contribution in [-0.4, -0.2) is 9.55 Å². The van der Waals surface area contributed by atoms with Crippen LogP contribution in [0.4, 0.5) is 5.69 Å². The van der Waals surface area contributed by atoms with E-state index >= 15 is 0 Å². The van der Waals surface area contributed by atoms with Crippen LogP contribution in [0.25, 0.3) is 11.3 Å². The molecule has 0 spiro atoms. The normalized spacial score (nSPS) is 19.0. The van der Waals surface area contributed by atoms with Crippen molar-refractivity contribution in [2.45, 2.75) is 26.3 Å². The Morgan fingerprint density at radius 1 is 1.29 bits per heavy atom. The van der Waals surface area contributed by atoms with Crippen LogP contribution in [0.2, 0.25) is 0 Å².